The lowest BCUT2D eigenvalue weighted by Gasteiger charge is -2.40. The van der Waals surface area contributed by atoms with Gasteiger partial charge < -0.3 is 5.11 Å². The molecular formula is C14H24N2O4S. The maximum atomic E-state index is 12.7. The molecular weight excluding hydrogens is 292 g/mol. The Labute approximate surface area is 126 Å². The van der Waals surface area contributed by atoms with Crippen molar-refractivity contribution >= 4 is 16.2 Å². The van der Waals surface area contributed by atoms with Crippen molar-refractivity contribution < 1.29 is 18.3 Å². The number of aliphatic carboxylic acids is 1. The largest absolute Gasteiger partial charge is 0.481 e. The number of rotatable bonds is 5. The number of nitrogens with zero attached hydrogens (tertiary/aromatic N) is 2. The van der Waals surface area contributed by atoms with Crippen molar-refractivity contribution in [1.29, 1.82) is 0 Å². The Kier molecular flexibility index (Phi) is 4.00. The molecule has 0 aromatic rings. The quantitative estimate of drug-likeness (QED) is 0.829. The van der Waals surface area contributed by atoms with E-state index in [1.54, 1.807) is 0 Å². The molecule has 2 heterocycles. The molecule has 0 bridgehead atoms. The molecule has 1 N–H and O–H groups in total. The number of carbonyl (C=O) groups is 1. The first kappa shape index (κ1) is 15.2. The molecule has 0 aromatic carbocycles. The highest BCUT2D eigenvalue weighted by Crippen LogP contribution is 2.45. The van der Waals surface area contributed by atoms with Gasteiger partial charge in [-0.25, -0.2) is 0 Å². The van der Waals surface area contributed by atoms with Crippen LogP contribution in [0.4, 0.5) is 0 Å². The van der Waals surface area contributed by atoms with E-state index in [2.05, 4.69) is 0 Å². The fraction of sp³-hybridized carbons (Fsp3) is 0.929. The summed E-state index contributed by atoms with van der Waals surface area (Å²) in [5.74, 6) is -0.341. The highest BCUT2D eigenvalue weighted by molar-refractivity contribution is 7.86. The molecule has 1 saturated carbocycles. The van der Waals surface area contributed by atoms with Crippen LogP contribution in [0.2, 0.25) is 0 Å². The first-order valence-corrected chi connectivity index (χ1v) is 9.32. The van der Waals surface area contributed by atoms with Gasteiger partial charge >= 0.3 is 5.97 Å². The summed E-state index contributed by atoms with van der Waals surface area (Å²) in [7, 11) is -3.48. The van der Waals surface area contributed by atoms with Gasteiger partial charge in [-0.3, -0.25) is 4.79 Å². The van der Waals surface area contributed by atoms with Gasteiger partial charge in [0.2, 0.25) is 0 Å². The smallest absolute Gasteiger partial charge is 0.310 e. The zero-order chi connectivity index (χ0) is 15.1. The first-order chi connectivity index (χ1) is 9.94. The number of carboxylic acids is 1. The second-order valence-electron chi connectivity index (χ2n) is 6.78. The van der Waals surface area contributed by atoms with Gasteiger partial charge in [0.05, 0.1) is 5.41 Å². The zero-order valence-corrected chi connectivity index (χ0v) is 13.1. The third-order valence-electron chi connectivity index (χ3n) is 5.09. The van der Waals surface area contributed by atoms with Crippen molar-refractivity contribution in [3.8, 4) is 0 Å². The van der Waals surface area contributed by atoms with Crippen molar-refractivity contribution in [2.24, 2.45) is 11.3 Å². The third-order valence-corrected chi connectivity index (χ3v) is 7.07. The molecule has 0 aromatic heterocycles. The second-order valence-corrected chi connectivity index (χ2v) is 8.71. The van der Waals surface area contributed by atoms with E-state index < -0.39 is 21.6 Å². The average molecular weight is 316 g/mol. The Morgan fingerprint density at radius 2 is 1.71 bits per heavy atom. The van der Waals surface area contributed by atoms with Crippen LogP contribution in [0.5, 0.6) is 0 Å². The molecule has 1 aliphatic carbocycles. The van der Waals surface area contributed by atoms with Crippen LogP contribution >= 0.6 is 0 Å². The molecule has 3 aliphatic rings. The van der Waals surface area contributed by atoms with Crippen LogP contribution in [0, 0.1) is 11.3 Å². The number of hydrogen-bond donors (Lipinski definition) is 1. The van der Waals surface area contributed by atoms with Crippen LogP contribution in [0.1, 0.15) is 44.9 Å². The lowest BCUT2D eigenvalue weighted by molar-refractivity contribution is -0.152. The Bertz CT molecular complexity index is 511. The molecule has 3 rings (SSSR count). The molecule has 0 amide bonds. The van der Waals surface area contributed by atoms with E-state index in [9.17, 15) is 18.3 Å². The maximum absolute atomic E-state index is 12.7. The van der Waals surface area contributed by atoms with Crippen molar-refractivity contribution in [2.75, 3.05) is 26.2 Å². The maximum Gasteiger partial charge on any atom is 0.310 e. The van der Waals surface area contributed by atoms with Crippen LogP contribution in [0.3, 0.4) is 0 Å². The standard InChI is InChI=1S/C14H24N2O4S/c17-13(18)14(10-12-4-5-12)6-3-9-16(11-14)21(19,20)15-7-1-2-8-15/h12H,1-11H2,(H,17,18)/t14-/m0/s1. The SMILES string of the molecule is O=C(O)[C@]1(CC2CC2)CCCN(S(=O)(=O)N2CCCC2)C1. The summed E-state index contributed by atoms with van der Waals surface area (Å²) < 4.78 is 28.3. The Morgan fingerprint density at radius 3 is 2.29 bits per heavy atom. The van der Waals surface area contributed by atoms with Gasteiger partial charge in [0.25, 0.3) is 10.2 Å². The van der Waals surface area contributed by atoms with E-state index in [4.69, 9.17) is 0 Å². The van der Waals surface area contributed by atoms with E-state index in [1.807, 2.05) is 0 Å². The normalized spacial score (nSPS) is 32.4. The molecule has 2 aliphatic heterocycles. The number of piperidine rings is 1. The lowest BCUT2D eigenvalue weighted by atomic mass is 9.76. The van der Waals surface area contributed by atoms with E-state index >= 15 is 0 Å². The fourth-order valence-electron chi connectivity index (χ4n) is 3.67. The molecule has 2 saturated heterocycles. The van der Waals surface area contributed by atoms with Crippen LogP contribution in [-0.2, 0) is 15.0 Å². The lowest BCUT2D eigenvalue weighted by Crippen LogP contribution is -2.53. The highest BCUT2D eigenvalue weighted by atomic mass is 32.2. The van der Waals surface area contributed by atoms with Gasteiger partial charge in [-0.15, -0.1) is 0 Å². The minimum atomic E-state index is -3.48. The Morgan fingerprint density at radius 1 is 1.10 bits per heavy atom. The summed E-state index contributed by atoms with van der Waals surface area (Å²) in [6.45, 7) is 1.75. The molecule has 0 radical (unpaired) electrons. The molecule has 0 spiro atoms. The number of carboxylic acid groups (broad SMARTS) is 1. The van der Waals surface area contributed by atoms with Crippen molar-refractivity contribution in [3.05, 3.63) is 0 Å². The van der Waals surface area contributed by atoms with Crippen LogP contribution in [0.25, 0.3) is 0 Å². The van der Waals surface area contributed by atoms with Crippen LogP contribution < -0.4 is 0 Å². The molecule has 3 fully saturated rings. The number of hydrogen-bond acceptors (Lipinski definition) is 3. The van der Waals surface area contributed by atoms with Gasteiger partial charge in [0, 0.05) is 26.2 Å². The second kappa shape index (κ2) is 5.52. The predicted molar refractivity (Wildman–Crippen MR) is 77.9 cm³/mol. The first-order valence-electron chi connectivity index (χ1n) is 7.93. The van der Waals surface area contributed by atoms with Gasteiger partial charge in [-0.1, -0.05) is 12.8 Å². The Hall–Kier alpha value is -0.660. The van der Waals surface area contributed by atoms with Gasteiger partial charge in [0.1, 0.15) is 0 Å². The summed E-state index contributed by atoms with van der Waals surface area (Å²) in [5.41, 5.74) is -0.869. The molecule has 1 atom stereocenters. The van der Waals surface area contributed by atoms with Crippen LogP contribution in [-0.4, -0.2) is 54.3 Å². The van der Waals surface area contributed by atoms with Crippen molar-refractivity contribution in [3.63, 3.8) is 0 Å². The summed E-state index contributed by atoms with van der Waals surface area (Å²) in [5, 5.41) is 9.68. The zero-order valence-electron chi connectivity index (χ0n) is 12.3. The molecule has 0 unspecified atom stereocenters. The average Bonchev–Trinajstić information content (AvgIpc) is 3.07. The fourth-order valence-corrected chi connectivity index (χ4v) is 5.49. The Balaban J connectivity index is 1.78. The predicted octanol–water partition coefficient (Wildman–Crippen LogP) is 1.29. The van der Waals surface area contributed by atoms with Crippen molar-refractivity contribution in [1.82, 2.24) is 8.61 Å². The van der Waals surface area contributed by atoms with Gasteiger partial charge in [0.15, 0.2) is 0 Å². The molecule has 120 valence electrons. The van der Waals surface area contributed by atoms with E-state index in [1.165, 1.54) is 8.61 Å². The molecule has 7 heteroatoms. The topological polar surface area (TPSA) is 77.9 Å². The highest BCUT2D eigenvalue weighted by Gasteiger charge is 2.49. The van der Waals surface area contributed by atoms with E-state index in [-0.39, 0.29) is 6.54 Å². The minimum Gasteiger partial charge on any atom is -0.481 e. The summed E-state index contributed by atoms with van der Waals surface area (Å²) in [4.78, 5) is 11.8. The van der Waals surface area contributed by atoms with Gasteiger partial charge in [-0.05, 0) is 38.0 Å². The van der Waals surface area contributed by atoms with Crippen LogP contribution in [0.15, 0.2) is 0 Å². The molecule has 6 nitrogen and oxygen atoms in total. The van der Waals surface area contributed by atoms with E-state index in [0.29, 0.717) is 44.8 Å². The monoisotopic (exact) mass is 316 g/mol. The summed E-state index contributed by atoms with van der Waals surface area (Å²) >= 11 is 0. The molecule has 21 heavy (non-hydrogen) atoms. The summed E-state index contributed by atoms with van der Waals surface area (Å²) in [6.07, 6.45) is 5.87. The minimum absolute atomic E-state index is 0.150. The summed E-state index contributed by atoms with van der Waals surface area (Å²) in [6, 6.07) is 0. The third kappa shape index (κ3) is 2.96. The van der Waals surface area contributed by atoms with Gasteiger partial charge in [-0.2, -0.15) is 17.0 Å². The van der Waals surface area contributed by atoms with Crippen molar-refractivity contribution in [2.45, 2.75) is 44.9 Å². The van der Waals surface area contributed by atoms with E-state index in [0.717, 1.165) is 25.7 Å².